The number of esters is 1. The number of alkyl halides is 2. The molecule has 0 bridgehead atoms. The van der Waals surface area contributed by atoms with E-state index in [9.17, 15) is 18.9 Å². The summed E-state index contributed by atoms with van der Waals surface area (Å²) >= 11 is 6.47. The van der Waals surface area contributed by atoms with Crippen molar-refractivity contribution in [3.05, 3.63) is 63.4 Å². The quantitative estimate of drug-likeness (QED) is 0.261. The molecule has 2 N–H and O–H groups in total. The van der Waals surface area contributed by atoms with Crippen LogP contribution >= 0.6 is 19.3 Å². The number of ether oxygens (including phenoxy) is 2. The first kappa shape index (κ1) is 28.1. The Morgan fingerprint density at radius 1 is 1.31 bits per heavy atom. The molecule has 1 aliphatic heterocycles. The molecule has 5 atom stereocenters. The zero-order valence-electron chi connectivity index (χ0n) is 20.1. The molecule has 3 rings (SSSR count). The second-order valence-electron chi connectivity index (χ2n) is 8.84. The fourth-order valence-electron chi connectivity index (χ4n) is 3.53. The van der Waals surface area contributed by atoms with Gasteiger partial charge in [0, 0.05) is 18.7 Å². The van der Waals surface area contributed by atoms with Crippen molar-refractivity contribution in [2.45, 2.75) is 63.2 Å². The van der Waals surface area contributed by atoms with Gasteiger partial charge in [-0.3, -0.25) is 23.7 Å². The van der Waals surface area contributed by atoms with Crippen LogP contribution in [0.3, 0.4) is 0 Å². The van der Waals surface area contributed by atoms with Crippen LogP contribution in [0.25, 0.3) is 0 Å². The average molecular weight is 548 g/mol. The van der Waals surface area contributed by atoms with Crippen molar-refractivity contribution in [2.24, 2.45) is 0 Å². The number of H-pyrrole nitrogens is 1. The number of hydrogen-bond acceptors (Lipinski definition) is 8. The topological polar surface area (TPSA) is 138 Å². The van der Waals surface area contributed by atoms with Crippen molar-refractivity contribution in [1.29, 1.82) is 0 Å². The average Bonchev–Trinajstić information content (AvgIpc) is 3.01. The van der Waals surface area contributed by atoms with Crippen LogP contribution in [0.4, 0.5) is 4.39 Å². The number of benzene rings is 1. The molecular weight excluding hydrogens is 520 g/mol. The third-order valence-corrected chi connectivity index (χ3v) is 6.97. The van der Waals surface area contributed by atoms with Gasteiger partial charge in [0.05, 0.1) is 11.0 Å². The molecule has 1 aliphatic rings. The summed E-state index contributed by atoms with van der Waals surface area (Å²) in [6.07, 6.45) is -1.08. The van der Waals surface area contributed by atoms with Gasteiger partial charge in [-0.2, -0.15) is 5.09 Å². The molecule has 14 heteroatoms. The molecule has 1 aromatic heterocycles. The van der Waals surface area contributed by atoms with Crippen molar-refractivity contribution in [3.8, 4) is 5.75 Å². The molecule has 0 amide bonds. The molecule has 2 heterocycles. The van der Waals surface area contributed by atoms with Gasteiger partial charge in [-0.25, -0.2) is 13.8 Å². The molecule has 198 valence electrons. The van der Waals surface area contributed by atoms with Gasteiger partial charge in [0.2, 0.25) is 5.85 Å². The van der Waals surface area contributed by atoms with Crippen molar-refractivity contribution in [3.63, 3.8) is 0 Å². The number of para-hydroxylation sites is 1. The molecule has 0 saturated carbocycles. The van der Waals surface area contributed by atoms with Gasteiger partial charge in [0.25, 0.3) is 5.56 Å². The summed E-state index contributed by atoms with van der Waals surface area (Å²) in [6.45, 7) is 5.21. The van der Waals surface area contributed by atoms with E-state index in [4.69, 9.17) is 30.1 Å². The van der Waals surface area contributed by atoms with Crippen LogP contribution in [0.5, 0.6) is 5.75 Å². The predicted molar refractivity (Wildman–Crippen MR) is 129 cm³/mol. The summed E-state index contributed by atoms with van der Waals surface area (Å²) in [4.78, 5) is 36.5. The van der Waals surface area contributed by atoms with Gasteiger partial charge in [0.15, 0.2) is 6.23 Å². The Bertz CT molecular complexity index is 1240. The van der Waals surface area contributed by atoms with Crippen molar-refractivity contribution < 1.29 is 32.3 Å². The molecule has 11 nitrogen and oxygen atoms in total. The van der Waals surface area contributed by atoms with Crippen molar-refractivity contribution in [1.82, 2.24) is 14.6 Å². The number of nitrogens with zero attached hydrogens (tertiary/aromatic N) is 1. The number of aromatic amines is 1. The van der Waals surface area contributed by atoms with Crippen LogP contribution in [0.15, 0.2) is 52.2 Å². The zero-order chi connectivity index (χ0) is 26.7. The number of nitrogens with one attached hydrogen (secondary N) is 2. The summed E-state index contributed by atoms with van der Waals surface area (Å²) in [5.74, 6) is -3.18. The maximum Gasteiger partial charge on any atom is 0.459 e. The third kappa shape index (κ3) is 7.04. The number of carbonyl (C=O) groups excluding carboxylic acids is 1. The van der Waals surface area contributed by atoms with E-state index in [2.05, 4.69) is 10.1 Å². The second-order valence-corrected chi connectivity index (χ2v) is 11.4. The predicted octanol–water partition coefficient (Wildman–Crippen LogP) is 3.25. The summed E-state index contributed by atoms with van der Waals surface area (Å²) < 4.78 is 51.7. The minimum atomic E-state index is -4.37. The summed E-state index contributed by atoms with van der Waals surface area (Å²) in [5.41, 5.74) is -1.49. The molecule has 1 fully saturated rings. The number of rotatable bonds is 10. The molecule has 0 spiro atoms. The van der Waals surface area contributed by atoms with Crippen LogP contribution in [0, 0.1) is 0 Å². The van der Waals surface area contributed by atoms with E-state index in [0.29, 0.717) is 0 Å². The molecule has 0 radical (unpaired) electrons. The molecular formula is C22H28ClFN3O8P. The van der Waals surface area contributed by atoms with Gasteiger partial charge >= 0.3 is 19.4 Å². The summed E-state index contributed by atoms with van der Waals surface area (Å²) in [7, 11) is -4.37. The lowest BCUT2D eigenvalue weighted by Crippen LogP contribution is -2.38. The number of hydrogen-bond donors (Lipinski definition) is 2. The van der Waals surface area contributed by atoms with E-state index in [1.807, 2.05) is 0 Å². The maximum atomic E-state index is 15.8. The van der Waals surface area contributed by atoms with E-state index in [1.165, 1.54) is 26.0 Å². The molecule has 36 heavy (non-hydrogen) atoms. The van der Waals surface area contributed by atoms with Gasteiger partial charge in [-0.15, -0.1) is 11.6 Å². The summed E-state index contributed by atoms with van der Waals surface area (Å²) in [5, 5.41) is 2.45. The monoisotopic (exact) mass is 547 g/mol. The Balaban J connectivity index is 1.81. The van der Waals surface area contributed by atoms with Gasteiger partial charge < -0.3 is 14.0 Å². The molecule has 2 aromatic rings. The minimum Gasteiger partial charge on any atom is -0.462 e. The summed E-state index contributed by atoms with van der Waals surface area (Å²) in [6, 6.07) is 7.89. The normalized spacial score (nSPS) is 26.4. The highest BCUT2D eigenvalue weighted by molar-refractivity contribution is 7.52. The standard InChI is InChI=1S/C22H28ClFN3O8P/c1-14(2)33-18(29)15(3)26-36(31,35-16-8-6-5-7-9-16)32-13-22(24)12-21(4,23)19(34-22)27-11-10-17(28)25-20(27)30/h5-11,14-15,19H,12-13H2,1-4H3,(H,26,31)(H,25,28,30). The lowest BCUT2D eigenvalue weighted by atomic mass is 10.0. The van der Waals surface area contributed by atoms with Crippen molar-refractivity contribution >= 4 is 25.3 Å². The molecule has 0 aliphatic carbocycles. The Morgan fingerprint density at radius 3 is 2.58 bits per heavy atom. The van der Waals surface area contributed by atoms with Gasteiger partial charge in [0.1, 0.15) is 18.4 Å². The highest BCUT2D eigenvalue weighted by Crippen LogP contribution is 2.52. The van der Waals surface area contributed by atoms with Crippen LogP contribution in [0.1, 0.15) is 40.3 Å². The van der Waals surface area contributed by atoms with Crippen LogP contribution in [-0.2, 0) is 23.4 Å². The van der Waals surface area contributed by atoms with E-state index < -0.39 is 67.1 Å². The number of carbonyl (C=O) groups is 1. The Morgan fingerprint density at radius 2 is 1.97 bits per heavy atom. The largest absolute Gasteiger partial charge is 0.462 e. The van der Waals surface area contributed by atoms with Crippen LogP contribution < -0.4 is 20.9 Å². The Kier molecular flexibility index (Phi) is 8.47. The SMILES string of the molecule is CC(C)OC(=O)C(C)NP(=O)(OCC1(F)CC(C)(Cl)C(n2ccc(=O)[nH]c2=O)O1)Oc1ccccc1. The van der Waals surface area contributed by atoms with Crippen molar-refractivity contribution in [2.75, 3.05) is 6.61 Å². The second kappa shape index (κ2) is 10.9. The minimum absolute atomic E-state index is 0.137. The highest BCUT2D eigenvalue weighted by atomic mass is 35.5. The number of aromatic nitrogens is 2. The van der Waals surface area contributed by atoms with Crippen LogP contribution in [0.2, 0.25) is 0 Å². The maximum absolute atomic E-state index is 15.8. The fraction of sp³-hybridized carbons (Fsp3) is 0.500. The zero-order valence-corrected chi connectivity index (χ0v) is 21.8. The fourth-order valence-corrected chi connectivity index (χ4v) is 5.40. The lowest BCUT2D eigenvalue weighted by Gasteiger charge is -2.26. The molecule has 1 aromatic carbocycles. The smallest absolute Gasteiger partial charge is 0.459 e. The third-order valence-electron chi connectivity index (χ3n) is 5.03. The van der Waals surface area contributed by atoms with Crippen LogP contribution in [-0.4, -0.2) is 45.0 Å². The highest BCUT2D eigenvalue weighted by Gasteiger charge is 2.56. The molecule has 1 saturated heterocycles. The Hall–Kier alpha value is -2.50. The molecule has 5 unspecified atom stereocenters. The van der Waals surface area contributed by atoms with Gasteiger partial charge in [-0.05, 0) is 39.8 Å². The first-order valence-corrected chi connectivity index (χ1v) is 13.0. The first-order valence-electron chi connectivity index (χ1n) is 11.1. The van der Waals surface area contributed by atoms with E-state index in [1.54, 1.807) is 32.0 Å². The Labute approximate surface area is 211 Å². The number of halogens is 2. The first-order chi connectivity index (χ1) is 16.7. The van der Waals surface area contributed by atoms with E-state index >= 15 is 4.39 Å². The van der Waals surface area contributed by atoms with E-state index in [0.717, 1.165) is 16.8 Å². The van der Waals surface area contributed by atoms with Gasteiger partial charge in [-0.1, -0.05) is 18.2 Å². The lowest BCUT2D eigenvalue weighted by molar-refractivity contribution is -0.174. The van der Waals surface area contributed by atoms with E-state index in [-0.39, 0.29) is 5.75 Å².